The van der Waals surface area contributed by atoms with Gasteiger partial charge in [0, 0.05) is 19.2 Å². The van der Waals surface area contributed by atoms with Gasteiger partial charge in [0.05, 0.1) is 18.8 Å². The summed E-state index contributed by atoms with van der Waals surface area (Å²) in [4.78, 5) is 16.4. The standard InChI is InChI=1S/C20H23FN2O2/c1-4-23-13-16(25-19-8-6-5-7-18(19)23)12-22(3)20(24)15-10-9-14(2)17(21)11-15/h5-11,16H,4,12-13H2,1-3H3. The highest BCUT2D eigenvalue weighted by molar-refractivity contribution is 5.94. The highest BCUT2D eigenvalue weighted by Crippen LogP contribution is 2.32. The number of hydrogen-bond acceptors (Lipinski definition) is 3. The number of likely N-dealkylation sites (N-methyl/N-ethyl adjacent to an activating group) is 2. The predicted octanol–water partition coefficient (Wildman–Crippen LogP) is 3.49. The second kappa shape index (κ2) is 7.13. The minimum atomic E-state index is -0.362. The van der Waals surface area contributed by atoms with E-state index in [0.717, 1.165) is 18.0 Å². The number of hydrogen-bond donors (Lipinski definition) is 0. The molecule has 1 atom stereocenters. The fourth-order valence-corrected chi connectivity index (χ4v) is 3.11. The van der Waals surface area contributed by atoms with Crippen LogP contribution in [0, 0.1) is 12.7 Å². The topological polar surface area (TPSA) is 32.8 Å². The Morgan fingerprint density at radius 3 is 2.80 bits per heavy atom. The predicted molar refractivity (Wildman–Crippen MR) is 96.8 cm³/mol. The monoisotopic (exact) mass is 342 g/mol. The summed E-state index contributed by atoms with van der Waals surface area (Å²) in [5, 5.41) is 0. The van der Waals surface area contributed by atoms with Crippen LogP contribution < -0.4 is 9.64 Å². The molecule has 3 rings (SSSR count). The van der Waals surface area contributed by atoms with E-state index in [1.54, 1.807) is 31.0 Å². The molecule has 0 bridgehead atoms. The number of anilines is 1. The van der Waals surface area contributed by atoms with Crippen LogP contribution in [0.3, 0.4) is 0 Å². The van der Waals surface area contributed by atoms with Crippen LogP contribution >= 0.6 is 0 Å². The molecule has 4 nitrogen and oxygen atoms in total. The molecule has 1 unspecified atom stereocenters. The van der Waals surface area contributed by atoms with Gasteiger partial charge in [-0.2, -0.15) is 0 Å². The van der Waals surface area contributed by atoms with Crippen molar-refractivity contribution < 1.29 is 13.9 Å². The van der Waals surface area contributed by atoms with Crippen molar-refractivity contribution in [2.45, 2.75) is 20.0 Å². The van der Waals surface area contributed by atoms with Crippen molar-refractivity contribution in [2.75, 3.05) is 31.6 Å². The smallest absolute Gasteiger partial charge is 0.253 e. The van der Waals surface area contributed by atoms with Crippen LogP contribution in [0.5, 0.6) is 5.75 Å². The van der Waals surface area contributed by atoms with E-state index in [1.165, 1.54) is 6.07 Å². The van der Waals surface area contributed by atoms with Gasteiger partial charge in [-0.15, -0.1) is 0 Å². The van der Waals surface area contributed by atoms with E-state index < -0.39 is 0 Å². The number of aryl methyl sites for hydroxylation is 1. The minimum Gasteiger partial charge on any atom is -0.485 e. The third-order valence-corrected chi connectivity index (χ3v) is 4.55. The fraction of sp³-hybridized carbons (Fsp3) is 0.350. The summed E-state index contributed by atoms with van der Waals surface area (Å²) in [6.07, 6.45) is -0.126. The maximum absolute atomic E-state index is 13.7. The molecule has 0 fully saturated rings. The molecule has 0 saturated carbocycles. The average Bonchev–Trinajstić information content (AvgIpc) is 2.62. The van der Waals surface area contributed by atoms with Gasteiger partial charge >= 0.3 is 0 Å². The van der Waals surface area contributed by atoms with E-state index in [-0.39, 0.29) is 17.8 Å². The summed E-state index contributed by atoms with van der Waals surface area (Å²) < 4.78 is 19.8. The molecule has 1 aliphatic heterocycles. The summed E-state index contributed by atoms with van der Waals surface area (Å²) in [5.41, 5.74) is 1.97. The molecule has 25 heavy (non-hydrogen) atoms. The zero-order valence-electron chi connectivity index (χ0n) is 14.8. The Hall–Kier alpha value is -2.56. The number of halogens is 1. The molecule has 0 spiro atoms. The number of para-hydroxylation sites is 2. The Balaban J connectivity index is 1.71. The van der Waals surface area contributed by atoms with E-state index in [0.29, 0.717) is 24.2 Å². The normalized spacial score (nSPS) is 16.2. The van der Waals surface area contributed by atoms with Gasteiger partial charge in [-0.3, -0.25) is 4.79 Å². The molecule has 0 saturated heterocycles. The van der Waals surface area contributed by atoms with E-state index in [9.17, 15) is 9.18 Å². The quantitative estimate of drug-likeness (QED) is 0.853. The van der Waals surface area contributed by atoms with Crippen molar-refractivity contribution in [1.82, 2.24) is 4.90 Å². The number of amides is 1. The lowest BCUT2D eigenvalue weighted by atomic mass is 10.1. The number of nitrogens with zero attached hydrogens (tertiary/aromatic N) is 2. The summed E-state index contributed by atoms with van der Waals surface area (Å²) in [5.74, 6) is 0.270. The van der Waals surface area contributed by atoms with Crippen molar-refractivity contribution in [2.24, 2.45) is 0 Å². The second-order valence-electron chi connectivity index (χ2n) is 6.40. The van der Waals surface area contributed by atoms with Crippen LogP contribution in [-0.4, -0.2) is 43.6 Å². The van der Waals surface area contributed by atoms with Crippen molar-refractivity contribution in [3.05, 3.63) is 59.4 Å². The third-order valence-electron chi connectivity index (χ3n) is 4.55. The van der Waals surface area contributed by atoms with Crippen molar-refractivity contribution in [1.29, 1.82) is 0 Å². The molecule has 0 aromatic heterocycles. The van der Waals surface area contributed by atoms with E-state index in [2.05, 4.69) is 11.8 Å². The zero-order chi connectivity index (χ0) is 18.0. The maximum Gasteiger partial charge on any atom is 0.253 e. The van der Waals surface area contributed by atoms with Crippen LogP contribution in [0.1, 0.15) is 22.8 Å². The molecule has 0 aliphatic carbocycles. The Bertz CT molecular complexity index is 778. The SMILES string of the molecule is CCN1CC(CN(C)C(=O)c2ccc(C)c(F)c2)Oc2ccccc21. The Morgan fingerprint density at radius 2 is 2.08 bits per heavy atom. The number of carbonyl (C=O) groups excluding carboxylic acids is 1. The van der Waals surface area contributed by atoms with E-state index >= 15 is 0 Å². The van der Waals surface area contributed by atoms with Gasteiger partial charge in [0.2, 0.25) is 0 Å². The molecule has 1 aliphatic rings. The summed E-state index contributed by atoms with van der Waals surface area (Å²) in [7, 11) is 1.72. The molecular formula is C20H23FN2O2. The average molecular weight is 342 g/mol. The van der Waals surface area contributed by atoms with Gasteiger partial charge in [0.1, 0.15) is 17.7 Å². The molecule has 1 amide bonds. The van der Waals surface area contributed by atoms with Crippen LogP contribution in [-0.2, 0) is 0 Å². The van der Waals surface area contributed by atoms with Crippen LogP contribution in [0.4, 0.5) is 10.1 Å². The second-order valence-corrected chi connectivity index (χ2v) is 6.40. The number of benzene rings is 2. The summed E-state index contributed by atoms with van der Waals surface area (Å²) in [6.45, 7) is 5.81. The van der Waals surface area contributed by atoms with Gasteiger partial charge < -0.3 is 14.5 Å². The first-order valence-corrected chi connectivity index (χ1v) is 8.52. The lowest BCUT2D eigenvalue weighted by Crippen LogP contribution is -2.46. The van der Waals surface area contributed by atoms with Crippen LogP contribution in [0.15, 0.2) is 42.5 Å². The number of fused-ring (bicyclic) bond motifs is 1. The lowest BCUT2D eigenvalue weighted by molar-refractivity contribution is 0.0709. The van der Waals surface area contributed by atoms with Gasteiger partial charge in [0.25, 0.3) is 5.91 Å². The fourth-order valence-electron chi connectivity index (χ4n) is 3.11. The molecule has 0 radical (unpaired) electrons. The molecule has 0 N–H and O–H groups in total. The third kappa shape index (κ3) is 3.60. The highest BCUT2D eigenvalue weighted by Gasteiger charge is 2.27. The molecular weight excluding hydrogens is 319 g/mol. The molecule has 2 aromatic carbocycles. The van der Waals surface area contributed by atoms with Gasteiger partial charge in [-0.25, -0.2) is 4.39 Å². The number of rotatable bonds is 4. The maximum atomic E-state index is 13.7. The van der Waals surface area contributed by atoms with Gasteiger partial charge in [-0.05, 0) is 43.7 Å². The molecule has 5 heteroatoms. The Kier molecular flexibility index (Phi) is 4.93. The first-order chi connectivity index (χ1) is 12.0. The van der Waals surface area contributed by atoms with Crippen LogP contribution in [0.2, 0.25) is 0 Å². The first-order valence-electron chi connectivity index (χ1n) is 8.52. The lowest BCUT2D eigenvalue weighted by Gasteiger charge is -2.37. The molecule has 132 valence electrons. The minimum absolute atomic E-state index is 0.126. The largest absolute Gasteiger partial charge is 0.485 e. The zero-order valence-corrected chi connectivity index (χ0v) is 14.8. The van der Waals surface area contributed by atoms with Gasteiger partial charge in [-0.1, -0.05) is 18.2 Å². The van der Waals surface area contributed by atoms with E-state index in [1.807, 2.05) is 24.3 Å². The molecule has 2 aromatic rings. The number of ether oxygens (including phenoxy) is 1. The highest BCUT2D eigenvalue weighted by atomic mass is 19.1. The summed E-state index contributed by atoms with van der Waals surface area (Å²) in [6, 6.07) is 12.5. The number of carbonyl (C=O) groups is 1. The summed E-state index contributed by atoms with van der Waals surface area (Å²) >= 11 is 0. The van der Waals surface area contributed by atoms with Crippen molar-refractivity contribution in [3.63, 3.8) is 0 Å². The van der Waals surface area contributed by atoms with Crippen molar-refractivity contribution in [3.8, 4) is 5.75 Å². The van der Waals surface area contributed by atoms with Crippen molar-refractivity contribution >= 4 is 11.6 Å². The Labute approximate surface area is 147 Å². The first kappa shape index (κ1) is 17.3. The molecule has 1 heterocycles. The Morgan fingerprint density at radius 1 is 1.32 bits per heavy atom. The van der Waals surface area contributed by atoms with E-state index in [4.69, 9.17) is 4.74 Å². The van der Waals surface area contributed by atoms with Gasteiger partial charge in [0.15, 0.2) is 0 Å². The van der Waals surface area contributed by atoms with Crippen LogP contribution in [0.25, 0.3) is 0 Å².